The Hall–Kier alpha value is 0.530. The molecule has 0 aromatic heterocycles. The van der Waals surface area contributed by atoms with Crippen LogP contribution in [0.3, 0.4) is 0 Å². The van der Waals surface area contributed by atoms with E-state index >= 15 is 0 Å². The molecule has 0 aliphatic rings. The molecule has 0 saturated carbocycles. The van der Waals surface area contributed by atoms with Gasteiger partial charge in [-0.25, -0.2) is 0 Å². The summed E-state index contributed by atoms with van der Waals surface area (Å²) >= 11 is 0.166. The normalized spacial score (nSPS) is 10.4. The van der Waals surface area contributed by atoms with Crippen LogP contribution in [0.5, 0.6) is 0 Å². The van der Waals surface area contributed by atoms with Crippen LogP contribution in [0, 0.1) is 0 Å². The topological polar surface area (TPSA) is 0 Å². The van der Waals surface area contributed by atoms with Crippen LogP contribution in [0.4, 0.5) is 0 Å². The Morgan fingerprint density at radius 2 is 1.57 bits per heavy atom. The number of allylic oxidation sites excluding steroid dienone is 1. The molecule has 0 heterocycles. The number of hydrogen-bond acceptors (Lipinski definition) is 0. The second-order valence-electron chi connectivity index (χ2n) is 3.90. The summed E-state index contributed by atoms with van der Waals surface area (Å²) in [4.78, 5) is 0. The molecule has 0 aliphatic heterocycles. The Morgan fingerprint density at radius 1 is 0.929 bits per heavy atom. The maximum absolute atomic E-state index is 4.20. The third kappa shape index (κ3) is 10.6. The molecule has 14 heavy (non-hydrogen) atoms. The van der Waals surface area contributed by atoms with Gasteiger partial charge in [0.15, 0.2) is 0 Å². The summed E-state index contributed by atoms with van der Waals surface area (Å²) in [5, 5.41) is 0. The van der Waals surface area contributed by atoms with Crippen LogP contribution >= 0.6 is 0 Å². The summed E-state index contributed by atoms with van der Waals surface area (Å²) in [6.45, 7) is 8.75. The Kier molecular flexibility index (Phi) is 12.0. The predicted octanol–water partition coefficient (Wildman–Crippen LogP) is 4.78. The zero-order chi connectivity index (χ0) is 10.6. The maximum atomic E-state index is 4.20. The molecule has 0 bridgehead atoms. The van der Waals surface area contributed by atoms with Crippen molar-refractivity contribution in [3.05, 3.63) is 10.2 Å². The molecule has 0 rings (SSSR count). The molecular weight excluding hydrogens is 284 g/mol. The van der Waals surface area contributed by atoms with Crippen molar-refractivity contribution in [1.29, 1.82) is 0 Å². The van der Waals surface area contributed by atoms with Crippen molar-refractivity contribution in [1.82, 2.24) is 0 Å². The van der Waals surface area contributed by atoms with Crippen LogP contribution < -0.4 is 0 Å². The Morgan fingerprint density at radius 3 is 2.21 bits per heavy atom. The van der Waals surface area contributed by atoms with E-state index in [9.17, 15) is 0 Å². The minimum atomic E-state index is 0.166. The van der Waals surface area contributed by atoms with E-state index in [-0.39, 0.29) is 20.9 Å². The first-order valence-electron chi connectivity index (χ1n) is 6.11. The van der Waals surface area contributed by atoms with Crippen molar-refractivity contribution in [3.63, 3.8) is 0 Å². The number of unbranched alkanes of at least 4 members (excludes halogenated alkanes) is 5. The van der Waals surface area contributed by atoms with Gasteiger partial charge in [0.25, 0.3) is 0 Å². The second kappa shape index (κ2) is 11.6. The minimum absolute atomic E-state index is 0.166. The molecule has 0 aromatic carbocycles. The molecule has 0 unspecified atom stereocenters. The average Bonchev–Trinajstić information content (AvgIpc) is 2.18. The molecule has 0 aliphatic carbocycles. The Balaban J connectivity index is 3.10. The first-order valence-corrected chi connectivity index (χ1v) is 8.93. The zero-order valence-corrected chi connectivity index (χ0v) is 12.3. The van der Waals surface area contributed by atoms with Gasteiger partial charge in [-0.3, -0.25) is 0 Å². The Bertz CT molecular complexity index is 129. The van der Waals surface area contributed by atoms with E-state index in [1.807, 2.05) is 0 Å². The Labute approximate surface area is 101 Å². The van der Waals surface area contributed by atoms with Crippen molar-refractivity contribution >= 4 is 20.9 Å². The fourth-order valence-corrected chi connectivity index (χ4v) is 4.24. The molecule has 0 N–H and O–H groups in total. The predicted molar refractivity (Wildman–Crippen MR) is 68.0 cm³/mol. The molecular formula is C13H26Te. The molecule has 1 heteroatoms. The van der Waals surface area contributed by atoms with E-state index in [0.717, 1.165) is 0 Å². The van der Waals surface area contributed by atoms with Crippen LogP contribution in [-0.2, 0) is 0 Å². The van der Waals surface area contributed by atoms with Gasteiger partial charge in [-0.2, -0.15) is 0 Å². The van der Waals surface area contributed by atoms with Crippen molar-refractivity contribution in [2.24, 2.45) is 0 Å². The summed E-state index contributed by atoms with van der Waals surface area (Å²) in [5.74, 6) is 0. The summed E-state index contributed by atoms with van der Waals surface area (Å²) in [6, 6.07) is 0. The van der Waals surface area contributed by atoms with E-state index in [1.54, 1.807) is 3.62 Å². The van der Waals surface area contributed by atoms with Gasteiger partial charge in [-0.05, 0) is 0 Å². The van der Waals surface area contributed by atoms with Gasteiger partial charge in [0.05, 0.1) is 0 Å². The standard InChI is InChI=1S/C13H26Te/c1-4-6-8-9-10-11-13(3)14-12-7-5-2/h3-12H2,1-2H3. The summed E-state index contributed by atoms with van der Waals surface area (Å²) in [7, 11) is 0. The van der Waals surface area contributed by atoms with Crippen molar-refractivity contribution in [3.8, 4) is 0 Å². The molecule has 0 fully saturated rings. The second-order valence-corrected chi connectivity index (χ2v) is 7.54. The number of hydrogen-bond donors (Lipinski definition) is 0. The van der Waals surface area contributed by atoms with Gasteiger partial charge in [0, 0.05) is 0 Å². The molecule has 0 amide bonds. The first-order chi connectivity index (χ1) is 6.81. The monoisotopic (exact) mass is 312 g/mol. The summed E-state index contributed by atoms with van der Waals surface area (Å²) in [6.07, 6.45) is 11.1. The van der Waals surface area contributed by atoms with Gasteiger partial charge in [0.1, 0.15) is 0 Å². The molecule has 0 aromatic rings. The first kappa shape index (κ1) is 14.5. The van der Waals surface area contributed by atoms with Crippen molar-refractivity contribution in [2.75, 3.05) is 0 Å². The molecule has 84 valence electrons. The van der Waals surface area contributed by atoms with Gasteiger partial charge in [-0.1, -0.05) is 0 Å². The van der Waals surface area contributed by atoms with Crippen LogP contribution in [0.25, 0.3) is 0 Å². The zero-order valence-electron chi connectivity index (χ0n) is 9.98. The van der Waals surface area contributed by atoms with E-state index < -0.39 is 0 Å². The van der Waals surface area contributed by atoms with E-state index in [1.165, 1.54) is 55.8 Å². The van der Waals surface area contributed by atoms with E-state index in [0.29, 0.717) is 0 Å². The van der Waals surface area contributed by atoms with Gasteiger partial charge in [0.2, 0.25) is 0 Å². The summed E-state index contributed by atoms with van der Waals surface area (Å²) < 4.78 is 3.09. The fraction of sp³-hybridized carbons (Fsp3) is 0.846. The molecule has 0 spiro atoms. The third-order valence-electron chi connectivity index (χ3n) is 2.36. The quantitative estimate of drug-likeness (QED) is 0.402. The molecule has 0 nitrogen and oxygen atoms in total. The van der Waals surface area contributed by atoms with Gasteiger partial charge >= 0.3 is 101 Å². The van der Waals surface area contributed by atoms with E-state index in [2.05, 4.69) is 20.4 Å². The SMILES string of the molecule is C=C(CCCCCCC)[Te]CCCC. The van der Waals surface area contributed by atoms with Crippen molar-refractivity contribution in [2.45, 2.75) is 69.7 Å². The van der Waals surface area contributed by atoms with Crippen LogP contribution in [0.1, 0.15) is 65.2 Å². The van der Waals surface area contributed by atoms with Crippen LogP contribution in [-0.4, -0.2) is 20.9 Å². The van der Waals surface area contributed by atoms with Gasteiger partial charge in [-0.15, -0.1) is 0 Å². The average molecular weight is 310 g/mol. The van der Waals surface area contributed by atoms with Gasteiger partial charge < -0.3 is 0 Å². The summed E-state index contributed by atoms with van der Waals surface area (Å²) in [5.41, 5.74) is 0. The number of rotatable bonds is 10. The van der Waals surface area contributed by atoms with Crippen molar-refractivity contribution < 1.29 is 0 Å². The van der Waals surface area contributed by atoms with E-state index in [4.69, 9.17) is 0 Å². The van der Waals surface area contributed by atoms with Crippen LogP contribution in [0.2, 0.25) is 4.47 Å². The molecule has 0 radical (unpaired) electrons. The molecule has 0 atom stereocenters. The van der Waals surface area contributed by atoms with Crippen LogP contribution in [0.15, 0.2) is 10.2 Å². The molecule has 0 saturated heterocycles. The fourth-order valence-electron chi connectivity index (χ4n) is 1.36. The third-order valence-corrected chi connectivity index (χ3v) is 5.52.